The van der Waals surface area contributed by atoms with Crippen LogP contribution in [0.5, 0.6) is 11.5 Å². The number of rotatable bonds is 7. The molecule has 1 aliphatic carbocycles. The van der Waals surface area contributed by atoms with Crippen molar-refractivity contribution in [2.75, 3.05) is 14.2 Å². The Morgan fingerprint density at radius 1 is 1.18 bits per heavy atom. The highest BCUT2D eigenvalue weighted by molar-refractivity contribution is 9.10. The van der Waals surface area contributed by atoms with Crippen molar-refractivity contribution in [3.05, 3.63) is 64.3 Å². The number of hydrogen-bond acceptors (Lipinski definition) is 6. The maximum absolute atomic E-state index is 13.4. The van der Waals surface area contributed by atoms with E-state index >= 15 is 0 Å². The lowest BCUT2D eigenvalue weighted by atomic mass is 9.86. The number of pyridine rings is 1. The third-order valence-electron chi connectivity index (χ3n) is 6.01. The normalized spacial score (nSPS) is 19.7. The molecule has 1 saturated carbocycles. The molecule has 0 spiro atoms. The van der Waals surface area contributed by atoms with Crippen molar-refractivity contribution in [2.45, 2.75) is 37.3 Å². The van der Waals surface area contributed by atoms with Gasteiger partial charge in [0.1, 0.15) is 5.52 Å². The summed E-state index contributed by atoms with van der Waals surface area (Å²) in [4.78, 5) is 23.8. The lowest BCUT2D eigenvalue weighted by molar-refractivity contribution is -0.144. The molecule has 1 amide bonds. The van der Waals surface area contributed by atoms with E-state index in [4.69, 9.17) is 14.3 Å². The number of oxime groups is 1. The Balaban J connectivity index is 1.55. The lowest BCUT2D eigenvalue weighted by Gasteiger charge is -2.26. The zero-order chi connectivity index (χ0) is 23.0. The number of carbonyl (C=O) groups excluding carboxylic acids is 1. The first-order valence-corrected chi connectivity index (χ1v) is 11.6. The molecule has 3 aromatic rings. The molecular formula is C25H24BrN3O4. The van der Waals surface area contributed by atoms with Gasteiger partial charge in [0.05, 0.1) is 19.9 Å². The fourth-order valence-electron chi connectivity index (χ4n) is 4.20. The van der Waals surface area contributed by atoms with Crippen molar-refractivity contribution in [3.63, 3.8) is 0 Å². The fourth-order valence-corrected chi connectivity index (χ4v) is 4.55. The number of methoxy groups -OCH3 is 2. The maximum atomic E-state index is 13.4. The van der Waals surface area contributed by atoms with Crippen LogP contribution in [0.25, 0.3) is 10.9 Å². The standard InChI is InChI=1S/C25H24BrN3O4/c1-31-22-19(11-16-10-17(26)14-27-21(16)23(22)32-2)20-13-25(33-29-20,24(30)28-18-8-9-18)12-15-6-4-3-5-7-15/h3-7,10-11,14,18H,8-9,12-13H2,1-2H3,(H,28,30). The fraction of sp³-hybridized carbons (Fsp3) is 0.320. The number of hydrogen-bond donors (Lipinski definition) is 1. The molecule has 2 aliphatic rings. The van der Waals surface area contributed by atoms with Crippen molar-refractivity contribution in [2.24, 2.45) is 5.16 Å². The summed E-state index contributed by atoms with van der Waals surface area (Å²) in [6.45, 7) is 0. The van der Waals surface area contributed by atoms with Gasteiger partial charge in [0, 0.05) is 40.5 Å². The summed E-state index contributed by atoms with van der Waals surface area (Å²) >= 11 is 3.48. The van der Waals surface area contributed by atoms with Crippen LogP contribution in [-0.4, -0.2) is 42.5 Å². The van der Waals surface area contributed by atoms with Gasteiger partial charge in [-0.2, -0.15) is 0 Å². The summed E-state index contributed by atoms with van der Waals surface area (Å²) in [5.74, 6) is 0.896. The molecule has 0 radical (unpaired) electrons. The maximum Gasteiger partial charge on any atom is 0.268 e. The number of benzene rings is 2. The smallest absolute Gasteiger partial charge is 0.268 e. The van der Waals surface area contributed by atoms with E-state index in [-0.39, 0.29) is 11.9 Å². The number of ether oxygens (including phenoxy) is 2. The minimum Gasteiger partial charge on any atom is -0.492 e. The number of halogens is 1. The van der Waals surface area contributed by atoms with Crippen LogP contribution in [0.1, 0.15) is 30.4 Å². The average molecular weight is 510 g/mol. The summed E-state index contributed by atoms with van der Waals surface area (Å²) in [7, 11) is 3.17. The molecule has 7 nitrogen and oxygen atoms in total. The Morgan fingerprint density at radius 3 is 2.64 bits per heavy atom. The van der Waals surface area contributed by atoms with Gasteiger partial charge in [-0.15, -0.1) is 0 Å². The summed E-state index contributed by atoms with van der Waals surface area (Å²) in [6, 6.07) is 14.0. The van der Waals surface area contributed by atoms with Crippen molar-refractivity contribution >= 4 is 38.5 Å². The first-order chi connectivity index (χ1) is 16.0. The minimum absolute atomic E-state index is 0.135. The number of nitrogens with zero attached hydrogens (tertiary/aromatic N) is 2. The van der Waals surface area contributed by atoms with Gasteiger partial charge in [-0.25, -0.2) is 0 Å². The highest BCUT2D eigenvalue weighted by Crippen LogP contribution is 2.42. The van der Waals surface area contributed by atoms with Crippen LogP contribution in [0.3, 0.4) is 0 Å². The molecule has 1 atom stereocenters. The molecule has 1 fully saturated rings. The molecule has 1 unspecified atom stereocenters. The third kappa shape index (κ3) is 4.15. The van der Waals surface area contributed by atoms with E-state index in [0.717, 1.165) is 33.8 Å². The second-order valence-electron chi connectivity index (χ2n) is 8.43. The number of carbonyl (C=O) groups is 1. The molecule has 1 aromatic heterocycles. The van der Waals surface area contributed by atoms with Gasteiger partial charge >= 0.3 is 0 Å². The molecule has 0 bridgehead atoms. The molecular weight excluding hydrogens is 486 g/mol. The zero-order valence-corrected chi connectivity index (χ0v) is 20.0. The number of amides is 1. The van der Waals surface area contributed by atoms with Crippen LogP contribution in [0, 0.1) is 0 Å². The molecule has 1 N–H and O–H groups in total. The Bertz CT molecular complexity index is 1240. The summed E-state index contributed by atoms with van der Waals surface area (Å²) in [6.07, 6.45) is 4.44. The van der Waals surface area contributed by atoms with Gasteiger partial charge in [0.2, 0.25) is 5.60 Å². The van der Waals surface area contributed by atoms with Gasteiger partial charge in [0.25, 0.3) is 5.91 Å². The second kappa shape index (κ2) is 8.67. The third-order valence-corrected chi connectivity index (χ3v) is 6.44. The van der Waals surface area contributed by atoms with Crippen LogP contribution < -0.4 is 14.8 Å². The van der Waals surface area contributed by atoms with Gasteiger partial charge in [-0.1, -0.05) is 35.5 Å². The van der Waals surface area contributed by atoms with E-state index < -0.39 is 5.60 Å². The van der Waals surface area contributed by atoms with Crippen LogP contribution in [0.2, 0.25) is 0 Å². The first kappa shape index (κ1) is 21.7. The Morgan fingerprint density at radius 2 is 1.94 bits per heavy atom. The van der Waals surface area contributed by atoms with E-state index in [1.54, 1.807) is 20.4 Å². The number of nitrogens with one attached hydrogen (secondary N) is 1. The minimum atomic E-state index is -1.12. The molecule has 33 heavy (non-hydrogen) atoms. The highest BCUT2D eigenvalue weighted by atomic mass is 79.9. The summed E-state index contributed by atoms with van der Waals surface area (Å²) < 4.78 is 12.2. The van der Waals surface area contributed by atoms with E-state index in [0.29, 0.717) is 35.6 Å². The Kier molecular flexibility index (Phi) is 5.70. The SMILES string of the molecule is COc1c(C2=NOC(Cc3ccccc3)(C(=O)NC3CC3)C2)cc2cc(Br)cnc2c1OC. The molecule has 1 aliphatic heterocycles. The molecule has 0 saturated heterocycles. The van der Waals surface area contributed by atoms with Crippen LogP contribution in [0.15, 0.2) is 58.3 Å². The molecule has 170 valence electrons. The zero-order valence-electron chi connectivity index (χ0n) is 18.4. The predicted octanol–water partition coefficient (Wildman–Crippen LogP) is 4.40. The molecule has 5 rings (SSSR count). The van der Waals surface area contributed by atoms with Gasteiger partial charge in [-0.05, 0) is 46.5 Å². The van der Waals surface area contributed by atoms with Crippen molar-refractivity contribution in [3.8, 4) is 11.5 Å². The summed E-state index contributed by atoms with van der Waals surface area (Å²) in [5, 5.41) is 8.38. The monoisotopic (exact) mass is 509 g/mol. The quantitative estimate of drug-likeness (QED) is 0.510. The second-order valence-corrected chi connectivity index (χ2v) is 9.34. The number of aromatic nitrogens is 1. The van der Waals surface area contributed by atoms with Crippen LogP contribution >= 0.6 is 15.9 Å². The van der Waals surface area contributed by atoms with Crippen LogP contribution in [0.4, 0.5) is 0 Å². The Labute approximate surface area is 200 Å². The van der Waals surface area contributed by atoms with Crippen molar-refractivity contribution in [1.82, 2.24) is 10.3 Å². The molecule has 8 heteroatoms. The van der Waals surface area contributed by atoms with E-state index in [2.05, 4.69) is 31.4 Å². The highest BCUT2D eigenvalue weighted by Gasteiger charge is 2.48. The van der Waals surface area contributed by atoms with Gasteiger partial charge < -0.3 is 19.6 Å². The van der Waals surface area contributed by atoms with E-state index in [1.165, 1.54) is 0 Å². The first-order valence-electron chi connectivity index (χ1n) is 10.8. The van der Waals surface area contributed by atoms with E-state index in [9.17, 15) is 4.79 Å². The van der Waals surface area contributed by atoms with Gasteiger partial charge in [-0.3, -0.25) is 9.78 Å². The largest absolute Gasteiger partial charge is 0.492 e. The lowest BCUT2D eigenvalue weighted by Crippen LogP contribution is -2.49. The summed E-state index contributed by atoms with van der Waals surface area (Å²) in [5.41, 5.74) is 1.92. The topological polar surface area (TPSA) is 82.0 Å². The average Bonchev–Trinajstić information content (AvgIpc) is 3.54. The number of fused-ring (bicyclic) bond motifs is 1. The van der Waals surface area contributed by atoms with Crippen molar-refractivity contribution < 1.29 is 19.1 Å². The van der Waals surface area contributed by atoms with Crippen LogP contribution in [-0.2, 0) is 16.1 Å². The van der Waals surface area contributed by atoms with Gasteiger partial charge in [0.15, 0.2) is 11.5 Å². The Hall–Kier alpha value is -3.13. The molecule has 2 heterocycles. The molecule has 2 aromatic carbocycles. The predicted molar refractivity (Wildman–Crippen MR) is 129 cm³/mol. The van der Waals surface area contributed by atoms with E-state index in [1.807, 2.05) is 42.5 Å². The van der Waals surface area contributed by atoms with Crippen molar-refractivity contribution in [1.29, 1.82) is 0 Å².